The highest BCUT2D eigenvalue weighted by molar-refractivity contribution is 6.05. The molecule has 20 heavy (non-hydrogen) atoms. The molecule has 0 saturated heterocycles. The van der Waals surface area contributed by atoms with Gasteiger partial charge in [0.05, 0.1) is 41.5 Å². The van der Waals surface area contributed by atoms with Crippen LogP contribution in [0.15, 0.2) is 31.0 Å². The standard InChI is InChI=1S/C14H13N5O/c20-14(10-5-15-6-12-9(10)1-3-16-12)19-4-2-11-13(7-19)18-8-17-11/h1,3,5-6,8,16H,2,4,7H2,(H,17,18). The van der Waals surface area contributed by atoms with E-state index in [0.717, 1.165) is 28.7 Å². The molecule has 6 heteroatoms. The Morgan fingerprint density at radius 1 is 1.30 bits per heavy atom. The number of aromatic nitrogens is 4. The van der Waals surface area contributed by atoms with Gasteiger partial charge in [-0.15, -0.1) is 0 Å². The quantitative estimate of drug-likeness (QED) is 0.701. The largest absolute Gasteiger partial charge is 0.360 e. The summed E-state index contributed by atoms with van der Waals surface area (Å²) in [5, 5.41) is 0.917. The molecule has 0 spiro atoms. The smallest absolute Gasteiger partial charge is 0.256 e. The number of rotatable bonds is 1. The molecule has 0 atom stereocenters. The van der Waals surface area contributed by atoms with Crippen molar-refractivity contribution in [3.8, 4) is 0 Å². The van der Waals surface area contributed by atoms with Crippen LogP contribution < -0.4 is 0 Å². The van der Waals surface area contributed by atoms with Crippen LogP contribution in [0.25, 0.3) is 10.9 Å². The Kier molecular flexibility index (Phi) is 2.35. The summed E-state index contributed by atoms with van der Waals surface area (Å²) in [4.78, 5) is 29.1. The molecule has 0 unspecified atom stereocenters. The summed E-state index contributed by atoms with van der Waals surface area (Å²) >= 11 is 0. The molecule has 0 fully saturated rings. The Balaban J connectivity index is 1.70. The first kappa shape index (κ1) is 11.2. The number of imidazole rings is 1. The van der Waals surface area contributed by atoms with Gasteiger partial charge in [-0.2, -0.15) is 0 Å². The van der Waals surface area contributed by atoms with E-state index in [4.69, 9.17) is 0 Å². The molecule has 0 aromatic carbocycles. The van der Waals surface area contributed by atoms with Crippen molar-refractivity contribution in [2.45, 2.75) is 13.0 Å². The average molecular weight is 267 g/mol. The summed E-state index contributed by atoms with van der Waals surface area (Å²) in [7, 11) is 0. The second kappa shape index (κ2) is 4.19. The minimum absolute atomic E-state index is 0.0166. The van der Waals surface area contributed by atoms with E-state index in [1.807, 2.05) is 17.2 Å². The van der Waals surface area contributed by atoms with Gasteiger partial charge < -0.3 is 14.9 Å². The molecule has 0 aliphatic carbocycles. The SMILES string of the molecule is O=C(c1cncc2[nH]ccc12)N1CCc2nc[nH]c2C1. The van der Waals surface area contributed by atoms with Crippen molar-refractivity contribution in [1.82, 2.24) is 24.8 Å². The van der Waals surface area contributed by atoms with E-state index in [0.29, 0.717) is 18.7 Å². The highest BCUT2D eigenvalue weighted by Crippen LogP contribution is 2.21. The van der Waals surface area contributed by atoms with Crippen molar-refractivity contribution in [2.24, 2.45) is 0 Å². The van der Waals surface area contributed by atoms with Gasteiger partial charge in [-0.05, 0) is 6.07 Å². The molecule has 6 nitrogen and oxygen atoms in total. The summed E-state index contributed by atoms with van der Waals surface area (Å²) in [5.74, 6) is 0.0166. The van der Waals surface area contributed by atoms with Gasteiger partial charge in [0, 0.05) is 30.7 Å². The fourth-order valence-corrected chi connectivity index (χ4v) is 2.71. The zero-order valence-electron chi connectivity index (χ0n) is 10.8. The third kappa shape index (κ3) is 1.61. The molecule has 0 radical (unpaired) electrons. The molecule has 3 aromatic heterocycles. The fraction of sp³-hybridized carbons (Fsp3) is 0.214. The van der Waals surface area contributed by atoms with Crippen molar-refractivity contribution < 1.29 is 4.79 Å². The van der Waals surface area contributed by atoms with Gasteiger partial charge in [-0.3, -0.25) is 9.78 Å². The molecule has 100 valence electrons. The van der Waals surface area contributed by atoms with Gasteiger partial charge in [0.15, 0.2) is 0 Å². The van der Waals surface area contributed by atoms with Crippen LogP contribution >= 0.6 is 0 Å². The molecule has 4 rings (SSSR count). The molecule has 1 amide bonds. The first-order chi connectivity index (χ1) is 9.83. The summed E-state index contributed by atoms with van der Waals surface area (Å²) in [6.45, 7) is 1.27. The van der Waals surface area contributed by atoms with Crippen molar-refractivity contribution in [1.29, 1.82) is 0 Å². The highest BCUT2D eigenvalue weighted by atomic mass is 16.2. The van der Waals surface area contributed by atoms with E-state index in [-0.39, 0.29) is 5.91 Å². The van der Waals surface area contributed by atoms with Crippen LogP contribution in [0.2, 0.25) is 0 Å². The molecule has 3 aromatic rings. The lowest BCUT2D eigenvalue weighted by Gasteiger charge is -2.26. The number of pyridine rings is 1. The Morgan fingerprint density at radius 3 is 3.20 bits per heavy atom. The second-order valence-electron chi connectivity index (χ2n) is 4.93. The number of hydrogen-bond acceptors (Lipinski definition) is 3. The van der Waals surface area contributed by atoms with E-state index < -0.39 is 0 Å². The first-order valence-electron chi connectivity index (χ1n) is 6.54. The number of aromatic amines is 2. The van der Waals surface area contributed by atoms with Crippen LogP contribution in [-0.4, -0.2) is 37.3 Å². The van der Waals surface area contributed by atoms with Crippen LogP contribution in [0.3, 0.4) is 0 Å². The summed E-state index contributed by atoms with van der Waals surface area (Å²) in [5.41, 5.74) is 3.62. The third-order valence-corrected chi connectivity index (χ3v) is 3.77. The second-order valence-corrected chi connectivity index (χ2v) is 4.93. The molecular formula is C14H13N5O. The maximum atomic E-state index is 12.7. The van der Waals surface area contributed by atoms with Crippen LogP contribution in [0, 0.1) is 0 Å². The van der Waals surface area contributed by atoms with Gasteiger partial charge in [0.1, 0.15) is 0 Å². The molecule has 0 bridgehead atoms. The zero-order valence-corrected chi connectivity index (χ0v) is 10.8. The van der Waals surface area contributed by atoms with Crippen molar-refractivity contribution in [2.75, 3.05) is 6.54 Å². The fourth-order valence-electron chi connectivity index (χ4n) is 2.71. The summed E-state index contributed by atoms with van der Waals surface area (Å²) in [6, 6.07) is 1.91. The predicted octanol–water partition coefficient (Wildman–Crippen LogP) is 1.48. The van der Waals surface area contributed by atoms with Crippen molar-refractivity contribution in [3.05, 3.63) is 47.9 Å². The molecule has 2 N–H and O–H groups in total. The molecule has 4 heterocycles. The number of H-pyrrole nitrogens is 2. The van der Waals surface area contributed by atoms with Crippen LogP contribution in [0.5, 0.6) is 0 Å². The number of nitrogens with zero attached hydrogens (tertiary/aromatic N) is 3. The minimum atomic E-state index is 0.0166. The van der Waals surface area contributed by atoms with Gasteiger partial charge in [-0.25, -0.2) is 4.98 Å². The van der Waals surface area contributed by atoms with Crippen LogP contribution in [0.1, 0.15) is 21.7 Å². The maximum Gasteiger partial charge on any atom is 0.256 e. The maximum absolute atomic E-state index is 12.7. The zero-order chi connectivity index (χ0) is 13.5. The van der Waals surface area contributed by atoms with Gasteiger partial charge >= 0.3 is 0 Å². The lowest BCUT2D eigenvalue weighted by atomic mass is 10.1. The van der Waals surface area contributed by atoms with E-state index >= 15 is 0 Å². The predicted molar refractivity (Wildman–Crippen MR) is 73.1 cm³/mol. The lowest BCUT2D eigenvalue weighted by molar-refractivity contribution is 0.0733. The number of hydrogen-bond donors (Lipinski definition) is 2. The number of carbonyl (C=O) groups excluding carboxylic acids is 1. The normalized spacial score (nSPS) is 14.5. The Hall–Kier alpha value is -2.63. The van der Waals surface area contributed by atoms with Gasteiger partial charge in [-0.1, -0.05) is 0 Å². The van der Waals surface area contributed by atoms with Crippen LogP contribution in [0.4, 0.5) is 0 Å². The van der Waals surface area contributed by atoms with E-state index in [9.17, 15) is 4.79 Å². The average Bonchev–Trinajstić information content (AvgIpc) is 3.13. The minimum Gasteiger partial charge on any atom is -0.360 e. The number of nitrogens with one attached hydrogen (secondary N) is 2. The summed E-state index contributed by atoms with van der Waals surface area (Å²) < 4.78 is 0. The lowest BCUT2D eigenvalue weighted by Crippen LogP contribution is -2.36. The van der Waals surface area contributed by atoms with E-state index in [1.165, 1.54) is 0 Å². The monoisotopic (exact) mass is 267 g/mol. The Bertz CT molecular complexity index is 788. The summed E-state index contributed by atoms with van der Waals surface area (Å²) in [6.07, 6.45) is 7.68. The van der Waals surface area contributed by atoms with Gasteiger partial charge in [0.2, 0.25) is 0 Å². The topological polar surface area (TPSA) is 77.7 Å². The van der Waals surface area contributed by atoms with Crippen LogP contribution in [-0.2, 0) is 13.0 Å². The Morgan fingerprint density at radius 2 is 2.25 bits per heavy atom. The first-order valence-corrected chi connectivity index (χ1v) is 6.54. The molecule has 0 saturated carbocycles. The van der Waals surface area contributed by atoms with Crippen molar-refractivity contribution in [3.63, 3.8) is 0 Å². The van der Waals surface area contributed by atoms with Crippen molar-refractivity contribution >= 4 is 16.8 Å². The number of amides is 1. The Labute approximate surface area is 114 Å². The third-order valence-electron chi connectivity index (χ3n) is 3.77. The molecule has 1 aliphatic heterocycles. The number of fused-ring (bicyclic) bond motifs is 2. The van der Waals surface area contributed by atoms with E-state index in [1.54, 1.807) is 18.7 Å². The molecular weight excluding hydrogens is 254 g/mol. The highest BCUT2D eigenvalue weighted by Gasteiger charge is 2.24. The molecule has 1 aliphatic rings. The van der Waals surface area contributed by atoms with E-state index in [2.05, 4.69) is 19.9 Å². The number of carbonyl (C=O) groups is 1. The van der Waals surface area contributed by atoms with Gasteiger partial charge in [0.25, 0.3) is 5.91 Å².